The molecule has 6 heteroatoms. The van der Waals surface area contributed by atoms with Crippen LogP contribution in [0.15, 0.2) is 36.9 Å². The third-order valence-corrected chi connectivity index (χ3v) is 2.52. The van der Waals surface area contributed by atoms with E-state index in [4.69, 9.17) is 0 Å². The van der Waals surface area contributed by atoms with Crippen LogP contribution < -0.4 is 5.32 Å². The van der Waals surface area contributed by atoms with Crippen molar-refractivity contribution < 1.29 is 9.59 Å². The Morgan fingerprint density at radius 1 is 1.41 bits per heavy atom. The number of rotatable bonds is 5. The molecule has 0 aliphatic heterocycles. The van der Waals surface area contributed by atoms with Gasteiger partial charge in [-0.2, -0.15) is 0 Å². The number of nitrogens with zero attached hydrogens (tertiary/aromatic N) is 2. The molecule has 1 rings (SSSR count). The van der Waals surface area contributed by atoms with Crippen molar-refractivity contribution in [1.82, 2.24) is 9.88 Å². The van der Waals surface area contributed by atoms with Gasteiger partial charge in [-0.3, -0.25) is 14.9 Å². The predicted molar refractivity (Wildman–Crippen MR) is 67.7 cm³/mol. The average molecular weight is 251 g/mol. The van der Waals surface area contributed by atoms with E-state index in [1.807, 2.05) is 0 Å². The highest BCUT2D eigenvalue weighted by Gasteiger charge is 2.20. The predicted octanol–water partition coefficient (Wildman–Crippen LogP) is 1.28. The van der Waals surface area contributed by atoms with Crippen LogP contribution in [0.25, 0.3) is 0 Å². The smallest absolute Gasteiger partial charge is 0.315 e. The van der Waals surface area contributed by atoms with Gasteiger partial charge in [0.2, 0.25) is 0 Å². The third kappa shape index (κ3) is 3.84. The van der Waals surface area contributed by atoms with E-state index in [0.717, 1.165) is 0 Å². The molecule has 2 amide bonds. The lowest BCUT2D eigenvalue weighted by Gasteiger charge is -2.17. The van der Waals surface area contributed by atoms with Crippen molar-refractivity contribution in [2.45, 2.75) is 0 Å². The van der Waals surface area contributed by atoms with Gasteiger partial charge in [-0.05, 0) is 0 Å². The lowest BCUT2D eigenvalue weighted by Crippen LogP contribution is -2.39. The van der Waals surface area contributed by atoms with Crippen molar-refractivity contribution >= 4 is 28.3 Å². The molecule has 90 valence electrons. The fourth-order valence-electron chi connectivity index (χ4n) is 1.13. The summed E-state index contributed by atoms with van der Waals surface area (Å²) in [6.45, 7) is 7.66. The Labute approximate surface area is 103 Å². The van der Waals surface area contributed by atoms with E-state index in [0.29, 0.717) is 18.2 Å². The summed E-state index contributed by atoms with van der Waals surface area (Å²) < 4.78 is 0. The number of carbonyl (C=O) groups is 2. The first-order valence-electron chi connectivity index (χ1n) is 4.90. The molecule has 0 aliphatic carbocycles. The molecule has 0 aliphatic rings. The number of amides is 2. The van der Waals surface area contributed by atoms with E-state index in [1.165, 1.54) is 16.2 Å². The number of carbonyl (C=O) groups excluding carboxylic acids is 2. The molecule has 5 nitrogen and oxygen atoms in total. The van der Waals surface area contributed by atoms with Gasteiger partial charge in [0.15, 0.2) is 5.13 Å². The summed E-state index contributed by atoms with van der Waals surface area (Å²) in [6, 6.07) is 0. The van der Waals surface area contributed by atoms with Gasteiger partial charge >= 0.3 is 11.8 Å². The van der Waals surface area contributed by atoms with Crippen LogP contribution in [0, 0.1) is 0 Å². The molecular weight excluding hydrogens is 238 g/mol. The lowest BCUT2D eigenvalue weighted by molar-refractivity contribution is -0.142. The van der Waals surface area contributed by atoms with Crippen LogP contribution in [-0.4, -0.2) is 34.8 Å². The van der Waals surface area contributed by atoms with Gasteiger partial charge in [0.1, 0.15) is 0 Å². The topological polar surface area (TPSA) is 62.3 Å². The van der Waals surface area contributed by atoms with Gasteiger partial charge in [0, 0.05) is 24.7 Å². The van der Waals surface area contributed by atoms with Gasteiger partial charge in [0.25, 0.3) is 0 Å². The van der Waals surface area contributed by atoms with Crippen LogP contribution >= 0.6 is 11.3 Å². The highest BCUT2D eigenvalue weighted by atomic mass is 32.1. The van der Waals surface area contributed by atoms with E-state index in [9.17, 15) is 9.59 Å². The van der Waals surface area contributed by atoms with Gasteiger partial charge in [0.05, 0.1) is 0 Å². The second-order valence-corrected chi connectivity index (χ2v) is 3.97. The number of hydrogen-bond acceptors (Lipinski definition) is 4. The summed E-state index contributed by atoms with van der Waals surface area (Å²) in [7, 11) is 0. The first kappa shape index (κ1) is 13.1. The Balaban J connectivity index is 2.63. The molecule has 17 heavy (non-hydrogen) atoms. The SMILES string of the molecule is C=CCN(CC=C)C(=O)C(=O)Nc1nccs1. The zero-order chi connectivity index (χ0) is 12.7. The molecule has 1 heterocycles. The van der Waals surface area contributed by atoms with Gasteiger partial charge < -0.3 is 4.90 Å². The first-order valence-corrected chi connectivity index (χ1v) is 5.78. The molecule has 0 unspecified atom stereocenters. The summed E-state index contributed by atoms with van der Waals surface area (Å²) in [5, 5.41) is 4.54. The minimum atomic E-state index is -0.705. The third-order valence-electron chi connectivity index (χ3n) is 1.83. The zero-order valence-electron chi connectivity index (χ0n) is 9.26. The summed E-state index contributed by atoms with van der Waals surface area (Å²) in [6.07, 6.45) is 4.66. The number of thiazole rings is 1. The Hall–Kier alpha value is -1.95. The molecule has 0 aromatic carbocycles. The van der Waals surface area contributed by atoms with Crippen LogP contribution in [0.5, 0.6) is 0 Å². The molecule has 0 saturated heterocycles. The summed E-state index contributed by atoms with van der Waals surface area (Å²) >= 11 is 1.25. The number of anilines is 1. The molecule has 1 N–H and O–H groups in total. The fourth-order valence-corrected chi connectivity index (χ4v) is 1.66. The van der Waals surface area contributed by atoms with Gasteiger partial charge in [-0.1, -0.05) is 12.2 Å². The van der Waals surface area contributed by atoms with Crippen molar-refractivity contribution in [3.8, 4) is 0 Å². The largest absolute Gasteiger partial charge is 0.327 e. The lowest BCUT2D eigenvalue weighted by atomic mass is 10.4. The molecule has 0 radical (unpaired) electrons. The summed E-state index contributed by atoms with van der Waals surface area (Å²) in [4.78, 5) is 28.5. The maximum absolute atomic E-state index is 11.7. The molecule has 1 aromatic heterocycles. The van der Waals surface area contributed by atoms with Crippen LogP contribution in [0.1, 0.15) is 0 Å². The number of nitrogens with one attached hydrogen (secondary N) is 1. The second-order valence-electron chi connectivity index (χ2n) is 3.08. The maximum Gasteiger partial charge on any atom is 0.315 e. The van der Waals surface area contributed by atoms with Gasteiger partial charge in [-0.25, -0.2) is 4.98 Å². The van der Waals surface area contributed by atoms with Crippen molar-refractivity contribution in [3.63, 3.8) is 0 Å². The molecular formula is C11H13N3O2S. The normalized spacial score (nSPS) is 9.41. The van der Waals surface area contributed by atoms with Crippen LogP contribution in [0.2, 0.25) is 0 Å². The summed E-state index contributed by atoms with van der Waals surface area (Å²) in [5.74, 6) is -1.33. The Bertz CT molecular complexity index is 404. The minimum Gasteiger partial charge on any atom is -0.327 e. The highest BCUT2D eigenvalue weighted by molar-refractivity contribution is 7.13. The van der Waals surface area contributed by atoms with E-state index in [2.05, 4.69) is 23.5 Å². The molecule has 0 atom stereocenters. The zero-order valence-corrected chi connectivity index (χ0v) is 10.1. The van der Waals surface area contributed by atoms with Crippen molar-refractivity contribution in [2.75, 3.05) is 18.4 Å². The van der Waals surface area contributed by atoms with Gasteiger partial charge in [-0.15, -0.1) is 24.5 Å². The van der Waals surface area contributed by atoms with Crippen LogP contribution in [0.4, 0.5) is 5.13 Å². The minimum absolute atomic E-state index is 0.302. The van der Waals surface area contributed by atoms with Crippen molar-refractivity contribution in [1.29, 1.82) is 0 Å². The van der Waals surface area contributed by atoms with E-state index in [-0.39, 0.29) is 0 Å². The van der Waals surface area contributed by atoms with E-state index >= 15 is 0 Å². The van der Waals surface area contributed by atoms with Crippen molar-refractivity contribution in [3.05, 3.63) is 36.9 Å². The van der Waals surface area contributed by atoms with Crippen molar-refractivity contribution in [2.24, 2.45) is 0 Å². The maximum atomic E-state index is 11.7. The second kappa shape index (κ2) is 6.59. The Morgan fingerprint density at radius 3 is 2.53 bits per heavy atom. The Kier molecular flexibility index (Phi) is 5.09. The van der Waals surface area contributed by atoms with E-state index in [1.54, 1.807) is 23.7 Å². The molecule has 1 aromatic rings. The molecule has 0 saturated carbocycles. The van der Waals surface area contributed by atoms with Crippen LogP contribution in [-0.2, 0) is 9.59 Å². The first-order chi connectivity index (χ1) is 8.19. The summed E-state index contributed by atoms with van der Waals surface area (Å²) in [5.41, 5.74) is 0. The van der Waals surface area contributed by atoms with Crippen LogP contribution in [0.3, 0.4) is 0 Å². The number of aromatic nitrogens is 1. The monoisotopic (exact) mass is 251 g/mol. The molecule has 0 spiro atoms. The fraction of sp³-hybridized carbons (Fsp3) is 0.182. The number of hydrogen-bond donors (Lipinski definition) is 1. The standard InChI is InChI=1S/C11H13N3O2S/c1-3-6-14(7-4-2)10(16)9(15)13-11-12-5-8-17-11/h3-5,8H,1-2,6-7H2,(H,12,13,15). The quantitative estimate of drug-likeness (QED) is 0.633. The van der Waals surface area contributed by atoms with E-state index < -0.39 is 11.8 Å². The average Bonchev–Trinajstić information content (AvgIpc) is 2.80. The molecule has 0 bridgehead atoms. The Morgan fingerprint density at radius 2 is 2.06 bits per heavy atom. The molecule has 0 fully saturated rings. The highest BCUT2D eigenvalue weighted by Crippen LogP contribution is 2.10.